The number of rotatable bonds is 5. The number of hydrogen-bond donors (Lipinski definition) is 0. The molecule has 0 radical (unpaired) electrons. The molecule has 1 aromatic heterocycles. The van der Waals surface area contributed by atoms with Gasteiger partial charge in [0.05, 0.1) is 6.54 Å². The van der Waals surface area contributed by atoms with Crippen LogP contribution in [0.5, 0.6) is 0 Å². The van der Waals surface area contributed by atoms with Crippen LogP contribution in [0.1, 0.15) is 32.8 Å². The molecule has 96 valence electrons. The fourth-order valence-corrected chi connectivity index (χ4v) is 2.21. The average molecular weight is 243 g/mol. The molecule has 18 heavy (non-hydrogen) atoms. The molecule has 0 aliphatic heterocycles. The van der Waals surface area contributed by atoms with E-state index < -0.39 is 0 Å². The third-order valence-electron chi connectivity index (χ3n) is 3.05. The molecule has 2 rings (SSSR count). The zero-order valence-electron chi connectivity index (χ0n) is 11.6. The van der Waals surface area contributed by atoms with Crippen molar-refractivity contribution in [1.82, 2.24) is 4.57 Å². The largest absolute Gasteiger partial charge is 0.248 e. The first-order chi connectivity index (χ1) is 8.69. The second-order valence-corrected chi connectivity index (χ2v) is 5.32. The lowest BCUT2D eigenvalue weighted by molar-refractivity contribution is -0.696. The smallest absolute Gasteiger partial charge is 0.236 e. The number of nitrogens with zero attached hydrogens (tertiary/aromatic N) is 2. The first-order valence-corrected chi connectivity index (χ1v) is 6.85. The van der Waals surface area contributed by atoms with Gasteiger partial charge in [-0.25, -0.2) is 9.13 Å². The molecule has 0 atom stereocenters. The molecule has 0 saturated carbocycles. The maximum Gasteiger partial charge on any atom is 0.248 e. The Morgan fingerprint density at radius 1 is 1.17 bits per heavy atom. The highest BCUT2D eigenvalue weighted by molar-refractivity contribution is 5.34. The number of imidazole rings is 1. The molecular formula is C16H23N2+. The zero-order valence-corrected chi connectivity index (χ0v) is 11.6. The van der Waals surface area contributed by atoms with Crippen molar-refractivity contribution in [1.29, 1.82) is 0 Å². The van der Waals surface area contributed by atoms with E-state index in [-0.39, 0.29) is 0 Å². The van der Waals surface area contributed by atoms with E-state index in [0.717, 1.165) is 13.0 Å². The van der Waals surface area contributed by atoms with Crippen molar-refractivity contribution in [3.8, 4) is 5.69 Å². The van der Waals surface area contributed by atoms with Crippen molar-refractivity contribution in [2.75, 3.05) is 0 Å². The van der Waals surface area contributed by atoms with Crippen LogP contribution in [0.25, 0.3) is 5.69 Å². The highest BCUT2D eigenvalue weighted by Gasteiger charge is 2.06. The van der Waals surface area contributed by atoms with E-state index in [1.165, 1.54) is 17.7 Å². The van der Waals surface area contributed by atoms with Crippen molar-refractivity contribution < 1.29 is 4.57 Å². The van der Waals surface area contributed by atoms with E-state index in [9.17, 15) is 0 Å². The monoisotopic (exact) mass is 243 g/mol. The third kappa shape index (κ3) is 3.22. The Morgan fingerprint density at radius 2 is 1.89 bits per heavy atom. The maximum atomic E-state index is 2.26. The normalized spacial score (nSPS) is 11.1. The van der Waals surface area contributed by atoms with Gasteiger partial charge in [0.2, 0.25) is 6.33 Å². The van der Waals surface area contributed by atoms with Gasteiger partial charge < -0.3 is 0 Å². The molecule has 2 nitrogen and oxygen atoms in total. The molecule has 0 saturated heterocycles. The second-order valence-electron chi connectivity index (χ2n) is 5.32. The molecule has 1 aromatic carbocycles. The molecule has 2 aromatic rings. The maximum absolute atomic E-state index is 2.26. The minimum atomic E-state index is 0.717. The highest BCUT2D eigenvalue weighted by atomic mass is 15.1. The number of aromatic nitrogens is 2. The van der Waals surface area contributed by atoms with Gasteiger partial charge in [0.25, 0.3) is 0 Å². The molecule has 0 fully saturated rings. The van der Waals surface area contributed by atoms with Crippen LogP contribution in [0, 0.1) is 5.92 Å². The van der Waals surface area contributed by atoms with Crippen molar-refractivity contribution in [2.45, 2.75) is 40.2 Å². The fourth-order valence-electron chi connectivity index (χ4n) is 2.21. The molecule has 0 unspecified atom stereocenters. The quantitative estimate of drug-likeness (QED) is 0.712. The predicted molar refractivity (Wildman–Crippen MR) is 74.8 cm³/mol. The van der Waals surface area contributed by atoms with Crippen LogP contribution in [0.3, 0.4) is 0 Å². The van der Waals surface area contributed by atoms with E-state index in [1.807, 2.05) is 0 Å². The van der Waals surface area contributed by atoms with Crippen LogP contribution in [0.4, 0.5) is 0 Å². The van der Waals surface area contributed by atoms with Gasteiger partial charge in [-0.15, -0.1) is 0 Å². The molecule has 0 amide bonds. The molecule has 0 bridgehead atoms. The lowest BCUT2D eigenvalue weighted by atomic mass is 10.0. The van der Waals surface area contributed by atoms with E-state index in [4.69, 9.17) is 0 Å². The summed E-state index contributed by atoms with van der Waals surface area (Å²) in [5.74, 6) is 0.717. The Bertz CT molecular complexity index is 480. The summed E-state index contributed by atoms with van der Waals surface area (Å²) in [4.78, 5) is 0. The molecule has 0 spiro atoms. The second kappa shape index (κ2) is 5.85. The highest BCUT2D eigenvalue weighted by Crippen LogP contribution is 2.12. The summed E-state index contributed by atoms with van der Waals surface area (Å²) >= 11 is 0. The molecule has 0 N–H and O–H groups in total. The average Bonchev–Trinajstić information content (AvgIpc) is 2.78. The van der Waals surface area contributed by atoms with Crippen LogP contribution in [0.2, 0.25) is 0 Å². The topological polar surface area (TPSA) is 8.81 Å². The van der Waals surface area contributed by atoms with Gasteiger partial charge in [0.1, 0.15) is 18.1 Å². The zero-order chi connectivity index (χ0) is 13.0. The van der Waals surface area contributed by atoms with Crippen LogP contribution in [-0.2, 0) is 13.0 Å². The van der Waals surface area contributed by atoms with Crippen molar-refractivity contribution >= 4 is 0 Å². The summed E-state index contributed by atoms with van der Waals surface area (Å²) in [5, 5.41) is 0. The van der Waals surface area contributed by atoms with Crippen molar-refractivity contribution in [3.05, 3.63) is 48.5 Å². The summed E-state index contributed by atoms with van der Waals surface area (Å²) in [6.45, 7) is 7.80. The standard InChI is InChI=1S/C16H23N2/c1-4-9-17-10-11-18(13-17)16-7-5-15(6-8-16)12-14(2)3/h5-8,10-11,13-14H,4,9,12H2,1-3H3/q+1. The first kappa shape index (κ1) is 12.9. The Kier molecular flexibility index (Phi) is 4.19. The minimum absolute atomic E-state index is 0.717. The number of aryl methyl sites for hydroxylation is 1. The third-order valence-corrected chi connectivity index (χ3v) is 3.05. The van der Waals surface area contributed by atoms with Crippen molar-refractivity contribution in [3.63, 3.8) is 0 Å². The van der Waals surface area contributed by atoms with Crippen LogP contribution < -0.4 is 4.57 Å². The molecule has 0 aliphatic carbocycles. The van der Waals surface area contributed by atoms with Gasteiger partial charge >= 0.3 is 0 Å². The Morgan fingerprint density at radius 3 is 2.50 bits per heavy atom. The van der Waals surface area contributed by atoms with Gasteiger partial charge in [-0.2, -0.15) is 0 Å². The lowest BCUT2D eigenvalue weighted by Gasteiger charge is -2.04. The summed E-state index contributed by atoms with van der Waals surface area (Å²) in [6.07, 6.45) is 8.73. The van der Waals surface area contributed by atoms with Gasteiger partial charge in [-0.3, -0.25) is 0 Å². The summed E-state index contributed by atoms with van der Waals surface area (Å²) in [5.41, 5.74) is 2.65. The minimum Gasteiger partial charge on any atom is -0.236 e. The Balaban J connectivity index is 2.12. The lowest BCUT2D eigenvalue weighted by Crippen LogP contribution is -2.30. The van der Waals surface area contributed by atoms with Gasteiger partial charge in [-0.05, 0) is 36.5 Å². The Hall–Kier alpha value is -1.57. The van der Waals surface area contributed by atoms with E-state index in [1.54, 1.807) is 0 Å². The van der Waals surface area contributed by atoms with E-state index >= 15 is 0 Å². The van der Waals surface area contributed by atoms with Gasteiger partial charge in [0.15, 0.2) is 0 Å². The number of benzene rings is 1. The fraction of sp³-hybridized carbons (Fsp3) is 0.438. The van der Waals surface area contributed by atoms with Crippen LogP contribution in [-0.4, -0.2) is 4.57 Å². The molecule has 0 aliphatic rings. The summed E-state index contributed by atoms with van der Waals surface area (Å²) < 4.78 is 4.40. The van der Waals surface area contributed by atoms with Gasteiger partial charge in [-0.1, -0.05) is 32.9 Å². The molecule has 1 heterocycles. The Labute approximate surface area is 110 Å². The van der Waals surface area contributed by atoms with Crippen molar-refractivity contribution in [2.24, 2.45) is 5.92 Å². The predicted octanol–water partition coefficient (Wildman–Crippen LogP) is 3.37. The summed E-state index contributed by atoms with van der Waals surface area (Å²) in [6, 6.07) is 8.88. The van der Waals surface area contributed by atoms with Crippen LogP contribution >= 0.6 is 0 Å². The number of hydrogen-bond acceptors (Lipinski definition) is 0. The first-order valence-electron chi connectivity index (χ1n) is 6.85. The molecule has 2 heteroatoms. The van der Waals surface area contributed by atoms with E-state index in [2.05, 4.69) is 72.9 Å². The van der Waals surface area contributed by atoms with Crippen LogP contribution in [0.15, 0.2) is 43.0 Å². The van der Waals surface area contributed by atoms with Gasteiger partial charge in [0, 0.05) is 0 Å². The molecular weight excluding hydrogens is 220 g/mol. The SMILES string of the molecule is CCC[n+]1ccn(-c2ccc(CC(C)C)cc2)c1. The van der Waals surface area contributed by atoms with E-state index in [0.29, 0.717) is 5.92 Å². The summed E-state index contributed by atoms with van der Waals surface area (Å²) in [7, 11) is 0.